The highest BCUT2D eigenvalue weighted by atomic mass is 35.5. The van der Waals surface area contributed by atoms with Crippen molar-refractivity contribution in [3.8, 4) is 0 Å². The van der Waals surface area contributed by atoms with Gasteiger partial charge < -0.3 is 0 Å². The first-order valence-corrected chi connectivity index (χ1v) is 10.9. The lowest BCUT2D eigenvalue weighted by molar-refractivity contribution is -0.144. The van der Waals surface area contributed by atoms with Crippen LogP contribution in [0.5, 0.6) is 0 Å². The Morgan fingerprint density at radius 1 is 0.974 bits per heavy atom. The first-order valence-electron chi connectivity index (χ1n) is 10.5. The summed E-state index contributed by atoms with van der Waals surface area (Å²) in [5.41, 5.74) is -2.10. The van der Waals surface area contributed by atoms with Gasteiger partial charge in [0.05, 0.1) is 22.6 Å². The monoisotopic (exact) mass is 596 g/mol. The minimum atomic E-state index is -5.35. The standard InChI is InChI=1S/C23H16ClF11N2O2/c1-10-6-12(8-16(24)19(10)26)14(22(30,31)32)9-17(25)11-2-3-13(15(7-11)23(33,34)35)20(39)37-36-18(38)4-5-21(27,28)29/h2-3,6-9,14H,4-5H2,1H3,(H,36,38)(H,37,39)/b17-9-. The fraction of sp³-hybridized carbons (Fsp3) is 0.304. The second kappa shape index (κ2) is 11.8. The van der Waals surface area contributed by atoms with E-state index in [1.165, 1.54) is 10.9 Å². The molecule has 2 amide bonds. The Kier molecular flexibility index (Phi) is 9.64. The average molecular weight is 597 g/mol. The third-order valence-electron chi connectivity index (χ3n) is 5.05. The molecule has 0 saturated carbocycles. The van der Waals surface area contributed by atoms with Crippen molar-refractivity contribution in [3.05, 3.63) is 75.1 Å². The number of halogens is 12. The predicted octanol–water partition coefficient (Wildman–Crippen LogP) is 7.57. The molecular formula is C23H16ClF11N2O2. The summed E-state index contributed by atoms with van der Waals surface area (Å²) < 4.78 is 147. The van der Waals surface area contributed by atoms with Crippen LogP contribution in [0.3, 0.4) is 0 Å². The maximum absolute atomic E-state index is 14.9. The van der Waals surface area contributed by atoms with E-state index < -0.39 is 88.0 Å². The van der Waals surface area contributed by atoms with E-state index >= 15 is 0 Å². The summed E-state index contributed by atoms with van der Waals surface area (Å²) >= 11 is 5.57. The summed E-state index contributed by atoms with van der Waals surface area (Å²) in [4.78, 5) is 23.5. The number of rotatable bonds is 6. The molecule has 0 aliphatic rings. The lowest BCUT2D eigenvalue weighted by Crippen LogP contribution is -2.42. The van der Waals surface area contributed by atoms with Crippen molar-refractivity contribution in [1.29, 1.82) is 0 Å². The minimum Gasteiger partial charge on any atom is -0.273 e. The molecule has 0 heterocycles. The predicted molar refractivity (Wildman–Crippen MR) is 116 cm³/mol. The maximum Gasteiger partial charge on any atom is 0.417 e. The number of carbonyl (C=O) groups is 2. The lowest BCUT2D eigenvalue weighted by atomic mass is 9.94. The van der Waals surface area contributed by atoms with Gasteiger partial charge >= 0.3 is 18.5 Å². The highest BCUT2D eigenvalue weighted by molar-refractivity contribution is 6.30. The molecule has 2 aromatic rings. The van der Waals surface area contributed by atoms with Crippen LogP contribution in [-0.2, 0) is 11.0 Å². The highest BCUT2D eigenvalue weighted by Gasteiger charge is 2.41. The van der Waals surface area contributed by atoms with Crippen LogP contribution in [0.1, 0.15) is 51.4 Å². The normalized spacial score (nSPS) is 13.7. The van der Waals surface area contributed by atoms with Crippen molar-refractivity contribution in [3.63, 3.8) is 0 Å². The first kappa shape index (κ1) is 31.9. The van der Waals surface area contributed by atoms with Gasteiger partial charge in [0.1, 0.15) is 17.6 Å². The number of amides is 2. The summed E-state index contributed by atoms with van der Waals surface area (Å²) in [5, 5.41) is -0.701. The maximum atomic E-state index is 14.9. The number of nitrogens with one attached hydrogen (secondary N) is 2. The molecule has 16 heteroatoms. The van der Waals surface area contributed by atoms with E-state index in [4.69, 9.17) is 11.6 Å². The summed E-state index contributed by atoms with van der Waals surface area (Å²) in [6.45, 7) is 1.09. The van der Waals surface area contributed by atoms with Crippen molar-refractivity contribution in [1.82, 2.24) is 10.9 Å². The van der Waals surface area contributed by atoms with Gasteiger partial charge in [-0.1, -0.05) is 23.7 Å². The van der Waals surface area contributed by atoms with Crippen molar-refractivity contribution < 1.29 is 57.9 Å². The molecule has 0 bridgehead atoms. The molecule has 0 saturated heterocycles. The van der Waals surface area contributed by atoms with E-state index in [0.29, 0.717) is 18.2 Å². The Labute approximate surface area is 217 Å². The summed E-state index contributed by atoms with van der Waals surface area (Å²) in [6.07, 6.45) is -18.0. The molecule has 214 valence electrons. The molecule has 2 aromatic carbocycles. The second-order valence-electron chi connectivity index (χ2n) is 8.04. The summed E-state index contributed by atoms with van der Waals surface area (Å²) in [7, 11) is 0. The van der Waals surface area contributed by atoms with E-state index in [0.717, 1.165) is 13.0 Å². The molecule has 0 fully saturated rings. The van der Waals surface area contributed by atoms with Gasteiger partial charge in [0.2, 0.25) is 5.91 Å². The highest BCUT2D eigenvalue weighted by Crippen LogP contribution is 2.41. The third kappa shape index (κ3) is 8.83. The molecule has 1 unspecified atom stereocenters. The van der Waals surface area contributed by atoms with Crippen LogP contribution in [0.4, 0.5) is 48.3 Å². The van der Waals surface area contributed by atoms with E-state index in [9.17, 15) is 57.9 Å². The van der Waals surface area contributed by atoms with Gasteiger partial charge in [0.25, 0.3) is 5.91 Å². The Bertz CT molecular complexity index is 1250. The molecule has 2 N–H and O–H groups in total. The number of hydrazine groups is 1. The number of alkyl halides is 9. The SMILES string of the molecule is Cc1cc(C(/C=C(\F)c2ccc(C(=O)NNC(=O)CCC(F)(F)F)c(C(F)(F)F)c2)C(F)(F)F)cc(Cl)c1F. The van der Waals surface area contributed by atoms with Crippen LogP contribution < -0.4 is 10.9 Å². The molecule has 0 aromatic heterocycles. The third-order valence-corrected chi connectivity index (χ3v) is 5.33. The van der Waals surface area contributed by atoms with Crippen molar-refractivity contribution in [2.75, 3.05) is 0 Å². The zero-order valence-electron chi connectivity index (χ0n) is 19.3. The van der Waals surface area contributed by atoms with Gasteiger partial charge in [-0.2, -0.15) is 39.5 Å². The number of allylic oxidation sites excluding steroid dienone is 1. The Hall–Kier alpha value is -3.36. The Morgan fingerprint density at radius 3 is 2.10 bits per heavy atom. The fourth-order valence-corrected chi connectivity index (χ4v) is 3.47. The van der Waals surface area contributed by atoms with Crippen LogP contribution in [0.2, 0.25) is 5.02 Å². The zero-order valence-corrected chi connectivity index (χ0v) is 20.1. The number of hydrogen-bond donors (Lipinski definition) is 2. The fourth-order valence-electron chi connectivity index (χ4n) is 3.19. The number of benzene rings is 2. The van der Waals surface area contributed by atoms with Gasteiger partial charge in [0, 0.05) is 12.0 Å². The quantitative estimate of drug-likeness (QED) is 0.267. The van der Waals surface area contributed by atoms with Crippen molar-refractivity contribution in [2.45, 2.75) is 44.2 Å². The molecule has 0 spiro atoms. The topological polar surface area (TPSA) is 58.2 Å². The largest absolute Gasteiger partial charge is 0.417 e. The van der Waals surface area contributed by atoms with E-state index in [1.807, 2.05) is 0 Å². The summed E-state index contributed by atoms with van der Waals surface area (Å²) in [6, 6.07) is 2.29. The molecule has 0 radical (unpaired) electrons. The summed E-state index contributed by atoms with van der Waals surface area (Å²) in [5.74, 6) is -8.59. The van der Waals surface area contributed by atoms with Crippen LogP contribution >= 0.6 is 11.6 Å². The molecule has 4 nitrogen and oxygen atoms in total. The van der Waals surface area contributed by atoms with Crippen molar-refractivity contribution in [2.24, 2.45) is 0 Å². The number of aryl methyl sites for hydroxylation is 1. The molecule has 0 aliphatic carbocycles. The molecule has 39 heavy (non-hydrogen) atoms. The Morgan fingerprint density at radius 2 is 1.59 bits per heavy atom. The average Bonchev–Trinajstić information content (AvgIpc) is 2.80. The van der Waals surface area contributed by atoms with Gasteiger partial charge in [0.15, 0.2) is 0 Å². The molecular weight excluding hydrogens is 581 g/mol. The lowest BCUT2D eigenvalue weighted by Gasteiger charge is -2.19. The minimum absolute atomic E-state index is 0.0303. The van der Waals surface area contributed by atoms with Gasteiger partial charge in [-0.05, 0) is 42.3 Å². The van der Waals surface area contributed by atoms with Gasteiger partial charge in [-0.3, -0.25) is 20.4 Å². The smallest absolute Gasteiger partial charge is 0.273 e. The number of hydrogen-bond acceptors (Lipinski definition) is 2. The molecule has 1 atom stereocenters. The molecule has 0 aliphatic heterocycles. The second-order valence-corrected chi connectivity index (χ2v) is 8.45. The Balaban J connectivity index is 2.41. The van der Waals surface area contributed by atoms with E-state index in [-0.39, 0.29) is 17.7 Å². The van der Waals surface area contributed by atoms with Crippen LogP contribution in [-0.4, -0.2) is 24.2 Å². The zero-order chi connectivity index (χ0) is 29.9. The van der Waals surface area contributed by atoms with E-state index in [1.54, 1.807) is 0 Å². The van der Waals surface area contributed by atoms with Crippen LogP contribution in [0, 0.1) is 12.7 Å². The van der Waals surface area contributed by atoms with E-state index in [2.05, 4.69) is 0 Å². The first-order chi connectivity index (χ1) is 17.7. The van der Waals surface area contributed by atoms with Gasteiger partial charge in [-0.25, -0.2) is 8.78 Å². The number of carbonyl (C=O) groups excluding carboxylic acids is 2. The van der Waals surface area contributed by atoms with Gasteiger partial charge in [-0.15, -0.1) is 0 Å². The van der Waals surface area contributed by atoms with Crippen LogP contribution in [0.25, 0.3) is 5.83 Å². The van der Waals surface area contributed by atoms with Crippen LogP contribution in [0.15, 0.2) is 36.4 Å². The van der Waals surface area contributed by atoms with Crippen molar-refractivity contribution >= 4 is 29.2 Å². The molecule has 2 rings (SSSR count).